The minimum atomic E-state index is 0.272. The fraction of sp³-hybridized carbons (Fsp3) is 1.00. The zero-order chi connectivity index (χ0) is 16.7. The Bertz CT molecular complexity index is 199. The lowest BCUT2D eigenvalue weighted by Crippen LogP contribution is -2.28. The SMILES string of the molecule is CC(C)CCN(C)CCO.CCN(CCO)CCC(C)C. The zero-order valence-corrected chi connectivity index (χ0v) is 15.3. The second-order valence-electron chi connectivity index (χ2n) is 6.55. The maximum atomic E-state index is 8.69. The summed E-state index contributed by atoms with van der Waals surface area (Å²) >= 11 is 0. The van der Waals surface area contributed by atoms with Crippen LogP contribution < -0.4 is 0 Å². The van der Waals surface area contributed by atoms with E-state index in [1.807, 2.05) is 7.05 Å². The predicted octanol–water partition coefficient (Wildman–Crippen LogP) is 2.30. The number of hydrogen-bond donors (Lipinski definition) is 2. The first kappa shape index (κ1) is 23.1. The summed E-state index contributed by atoms with van der Waals surface area (Å²) in [6, 6.07) is 0. The van der Waals surface area contributed by atoms with Crippen molar-refractivity contribution in [3.05, 3.63) is 0 Å². The first-order valence-electron chi connectivity index (χ1n) is 8.49. The summed E-state index contributed by atoms with van der Waals surface area (Å²) in [4.78, 5) is 4.43. The number of nitrogens with zero attached hydrogens (tertiary/aromatic N) is 2. The summed E-state index contributed by atoms with van der Waals surface area (Å²) in [5.41, 5.74) is 0. The van der Waals surface area contributed by atoms with Crippen LogP contribution in [-0.2, 0) is 0 Å². The summed E-state index contributed by atoms with van der Waals surface area (Å²) < 4.78 is 0. The van der Waals surface area contributed by atoms with Gasteiger partial charge < -0.3 is 20.0 Å². The van der Waals surface area contributed by atoms with Crippen LogP contribution in [0.5, 0.6) is 0 Å². The van der Waals surface area contributed by atoms with Gasteiger partial charge in [-0.2, -0.15) is 0 Å². The highest BCUT2D eigenvalue weighted by molar-refractivity contribution is 4.56. The molecule has 0 aromatic heterocycles. The second-order valence-corrected chi connectivity index (χ2v) is 6.55. The molecule has 0 saturated carbocycles. The molecule has 2 N–H and O–H groups in total. The van der Waals surface area contributed by atoms with E-state index in [0.29, 0.717) is 0 Å². The van der Waals surface area contributed by atoms with Crippen molar-refractivity contribution >= 4 is 0 Å². The topological polar surface area (TPSA) is 46.9 Å². The molecule has 130 valence electrons. The molecule has 0 aliphatic heterocycles. The fourth-order valence-electron chi connectivity index (χ4n) is 1.77. The minimum absolute atomic E-state index is 0.272. The van der Waals surface area contributed by atoms with Crippen molar-refractivity contribution in [3.63, 3.8) is 0 Å². The Morgan fingerprint density at radius 2 is 1.24 bits per heavy atom. The number of rotatable bonds is 11. The molecule has 0 heterocycles. The molecule has 0 radical (unpaired) electrons. The Kier molecular flexibility index (Phi) is 17.8. The summed E-state index contributed by atoms with van der Waals surface area (Å²) in [6.07, 6.45) is 2.45. The van der Waals surface area contributed by atoms with E-state index in [1.165, 1.54) is 12.8 Å². The highest BCUT2D eigenvalue weighted by atomic mass is 16.3. The van der Waals surface area contributed by atoms with Crippen molar-refractivity contribution in [1.29, 1.82) is 0 Å². The van der Waals surface area contributed by atoms with E-state index >= 15 is 0 Å². The van der Waals surface area contributed by atoms with Crippen LogP contribution in [0.15, 0.2) is 0 Å². The van der Waals surface area contributed by atoms with E-state index in [0.717, 1.165) is 44.6 Å². The molecular weight excluding hydrogens is 264 g/mol. The lowest BCUT2D eigenvalue weighted by molar-refractivity contribution is 0.195. The Hall–Kier alpha value is -0.160. The first-order valence-corrected chi connectivity index (χ1v) is 8.49. The average molecular weight is 305 g/mol. The van der Waals surface area contributed by atoms with Crippen molar-refractivity contribution in [2.75, 3.05) is 53.0 Å². The molecule has 4 heteroatoms. The van der Waals surface area contributed by atoms with Crippen molar-refractivity contribution < 1.29 is 10.2 Å². The molecule has 4 nitrogen and oxygen atoms in total. The first-order chi connectivity index (χ1) is 9.87. The van der Waals surface area contributed by atoms with Crippen LogP contribution in [-0.4, -0.2) is 73.0 Å². The van der Waals surface area contributed by atoms with Crippen LogP contribution in [0.25, 0.3) is 0 Å². The van der Waals surface area contributed by atoms with E-state index in [1.54, 1.807) is 0 Å². The molecular formula is C17H40N2O2. The van der Waals surface area contributed by atoms with Gasteiger partial charge >= 0.3 is 0 Å². The largest absolute Gasteiger partial charge is 0.395 e. The molecule has 0 fully saturated rings. The van der Waals surface area contributed by atoms with E-state index in [9.17, 15) is 0 Å². The van der Waals surface area contributed by atoms with E-state index in [-0.39, 0.29) is 13.2 Å². The quantitative estimate of drug-likeness (QED) is 0.615. The normalized spacial score (nSPS) is 11.4. The van der Waals surface area contributed by atoms with Gasteiger partial charge in [0, 0.05) is 13.1 Å². The van der Waals surface area contributed by atoms with Gasteiger partial charge in [0.2, 0.25) is 0 Å². The lowest BCUT2D eigenvalue weighted by atomic mass is 10.1. The zero-order valence-electron chi connectivity index (χ0n) is 15.3. The van der Waals surface area contributed by atoms with E-state index in [4.69, 9.17) is 10.2 Å². The number of hydrogen-bond acceptors (Lipinski definition) is 4. The summed E-state index contributed by atoms with van der Waals surface area (Å²) in [6.45, 7) is 16.5. The predicted molar refractivity (Wildman–Crippen MR) is 92.7 cm³/mol. The second kappa shape index (κ2) is 16.2. The molecule has 0 unspecified atom stereocenters. The Morgan fingerprint density at radius 3 is 1.62 bits per heavy atom. The standard InChI is InChI=1S/C9H21NO.C8H19NO/c1-4-10(7-8-11)6-5-9(2)3;1-8(2)4-5-9(3)6-7-10/h9,11H,4-8H2,1-3H3;8,10H,4-7H2,1-3H3. The van der Waals surface area contributed by atoms with Crippen LogP contribution in [0.2, 0.25) is 0 Å². The van der Waals surface area contributed by atoms with Crippen LogP contribution in [0.4, 0.5) is 0 Å². The van der Waals surface area contributed by atoms with Gasteiger partial charge in [-0.15, -0.1) is 0 Å². The van der Waals surface area contributed by atoms with Gasteiger partial charge in [-0.05, 0) is 51.4 Å². The fourth-order valence-corrected chi connectivity index (χ4v) is 1.77. The van der Waals surface area contributed by atoms with Crippen LogP contribution in [0, 0.1) is 11.8 Å². The monoisotopic (exact) mass is 304 g/mol. The smallest absolute Gasteiger partial charge is 0.0558 e. The highest BCUT2D eigenvalue weighted by Crippen LogP contribution is 2.01. The molecule has 0 spiro atoms. The minimum Gasteiger partial charge on any atom is -0.395 e. The van der Waals surface area contributed by atoms with Crippen LogP contribution in [0.3, 0.4) is 0 Å². The average Bonchev–Trinajstić information content (AvgIpc) is 2.42. The van der Waals surface area contributed by atoms with Crippen molar-refractivity contribution in [2.24, 2.45) is 11.8 Å². The third-order valence-corrected chi connectivity index (χ3v) is 3.46. The molecule has 0 amide bonds. The van der Waals surface area contributed by atoms with E-state index in [2.05, 4.69) is 44.4 Å². The van der Waals surface area contributed by atoms with Gasteiger partial charge in [-0.25, -0.2) is 0 Å². The molecule has 0 aromatic carbocycles. The third-order valence-electron chi connectivity index (χ3n) is 3.46. The van der Waals surface area contributed by atoms with E-state index < -0.39 is 0 Å². The van der Waals surface area contributed by atoms with Gasteiger partial charge in [0.1, 0.15) is 0 Å². The van der Waals surface area contributed by atoms with Gasteiger partial charge in [0.05, 0.1) is 13.2 Å². The number of aliphatic hydroxyl groups is 2. The Morgan fingerprint density at radius 1 is 0.762 bits per heavy atom. The van der Waals surface area contributed by atoms with Crippen molar-refractivity contribution in [2.45, 2.75) is 47.5 Å². The van der Waals surface area contributed by atoms with Gasteiger partial charge in [0.15, 0.2) is 0 Å². The maximum absolute atomic E-state index is 8.69. The Labute approximate surface area is 133 Å². The summed E-state index contributed by atoms with van der Waals surface area (Å²) in [5, 5.41) is 17.3. The van der Waals surface area contributed by atoms with Gasteiger partial charge in [-0.1, -0.05) is 34.6 Å². The molecule has 0 bridgehead atoms. The number of likely N-dealkylation sites (N-methyl/N-ethyl adjacent to an activating group) is 2. The molecule has 0 aromatic rings. The van der Waals surface area contributed by atoms with Crippen LogP contribution >= 0.6 is 0 Å². The number of aliphatic hydroxyl groups excluding tert-OH is 2. The molecule has 0 rings (SSSR count). The molecule has 0 saturated heterocycles. The van der Waals surface area contributed by atoms with Crippen LogP contribution in [0.1, 0.15) is 47.5 Å². The van der Waals surface area contributed by atoms with Gasteiger partial charge in [-0.3, -0.25) is 0 Å². The molecule has 0 atom stereocenters. The molecule has 21 heavy (non-hydrogen) atoms. The maximum Gasteiger partial charge on any atom is 0.0558 e. The Balaban J connectivity index is 0. The lowest BCUT2D eigenvalue weighted by Gasteiger charge is -2.19. The molecule has 0 aliphatic carbocycles. The summed E-state index contributed by atoms with van der Waals surface area (Å²) in [7, 11) is 2.04. The third kappa shape index (κ3) is 19.8. The highest BCUT2D eigenvalue weighted by Gasteiger charge is 2.01. The van der Waals surface area contributed by atoms with Crippen molar-refractivity contribution in [3.8, 4) is 0 Å². The summed E-state index contributed by atoms with van der Waals surface area (Å²) in [5.74, 6) is 1.53. The van der Waals surface area contributed by atoms with Gasteiger partial charge in [0.25, 0.3) is 0 Å². The molecule has 0 aliphatic rings. The van der Waals surface area contributed by atoms with Crippen molar-refractivity contribution in [1.82, 2.24) is 9.80 Å².